The monoisotopic (exact) mass is 308 g/mol. The third-order valence-electron chi connectivity index (χ3n) is 3.97. The summed E-state index contributed by atoms with van der Waals surface area (Å²) >= 11 is 0. The maximum absolute atomic E-state index is 14.4. The average Bonchev–Trinajstić information content (AvgIpc) is 3.00. The summed E-state index contributed by atoms with van der Waals surface area (Å²) in [5, 5.41) is 0.455. The average molecular weight is 308 g/mol. The predicted molar refractivity (Wildman–Crippen MR) is 87.9 cm³/mol. The summed E-state index contributed by atoms with van der Waals surface area (Å²) in [5.41, 5.74) is 1.65. The SMILES string of the molecule is COc1ccc2[nH]c3c(ccn3-c3ccccc3)c(=O)c2c1F. The van der Waals surface area contributed by atoms with Gasteiger partial charge in [-0.05, 0) is 30.3 Å². The van der Waals surface area contributed by atoms with Gasteiger partial charge in [-0.25, -0.2) is 4.39 Å². The molecule has 0 aliphatic carbocycles. The fourth-order valence-electron chi connectivity index (χ4n) is 2.85. The minimum atomic E-state index is -0.638. The van der Waals surface area contributed by atoms with Gasteiger partial charge in [-0.2, -0.15) is 0 Å². The van der Waals surface area contributed by atoms with Crippen LogP contribution in [0.1, 0.15) is 0 Å². The Morgan fingerprint density at radius 1 is 1.09 bits per heavy atom. The van der Waals surface area contributed by atoms with E-state index in [2.05, 4.69) is 4.98 Å². The van der Waals surface area contributed by atoms with Gasteiger partial charge in [-0.1, -0.05) is 18.2 Å². The maximum atomic E-state index is 14.4. The van der Waals surface area contributed by atoms with Crippen molar-refractivity contribution < 1.29 is 9.13 Å². The molecule has 5 heteroatoms. The van der Waals surface area contributed by atoms with Crippen LogP contribution in [0.5, 0.6) is 5.75 Å². The minimum Gasteiger partial charge on any atom is -0.494 e. The summed E-state index contributed by atoms with van der Waals surface area (Å²) in [6, 6.07) is 14.5. The molecule has 2 heterocycles. The summed E-state index contributed by atoms with van der Waals surface area (Å²) in [6.07, 6.45) is 1.80. The highest BCUT2D eigenvalue weighted by Crippen LogP contribution is 2.26. The van der Waals surface area contributed by atoms with Crippen LogP contribution in [-0.4, -0.2) is 16.7 Å². The van der Waals surface area contributed by atoms with Crippen LogP contribution in [0, 0.1) is 5.82 Å². The Hall–Kier alpha value is -3.08. The van der Waals surface area contributed by atoms with Gasteiger partial charge >= 0.3 is 0 Å². The number of aromatic amines is 1. The molecule has 0 amide bonds. The molecule has 2 aromatic heterocycles. The van der Waals surface area contributed by atoms with Crippen LogP contribution in [0.4, 0.5) is 4.39 Å². The highest BCUT2D eigenvalue weighted by Gasteiger charge is 2.16. The van der Waals surface area contributed by atoms with E-state index in [0.29, 0.717) is 16.6 Å². The molecule has 4 rings (SSSR count). The molecular formula is C18H13FN2O2. The molecule has 0 saturated carbocycles. The zero-order valence-corrected chi connectivity index (χ0v) is 12.3. The smallest absolute Gasteiger partial charge is 0.201 e. The molecular weight excluding hydrogens is 295 g/mol. The van der Waals surface area contributed by atoms with Crippen LogP contribution in [0.3, 0.4) is 0 Å². The summed E-state index contributed by atoms with van der Waals surface area (Å²) in [6.45, 7) is 0. The van der Waals surface area contributed by atoms with E-state index in [-0.39, 0.29) is 16.6 Å². The first-order chi connectivity index (χ1) is 11.2. The van der Waals surface area contributed by atoms with Crippen LogP contribution in [0.2, 0.25) is 0 Å². The van der Waals surface area contributed by atoms with E-state index in [0.717, 1.165) is 5.69 Å². The standard InChI is InChI=1S/C18H13FN2O2/c1-23-14-8-7-13-15(16(14)19)17(22)12-9-10-21(18(12)20-13)11-5-3-2-4-6-11/h2-10H,1H3,(H,20,22). The van der Waals surface area contributed by atoms with Crippen molar-refractivity contribution in [2.24, 2.45) is 0 Å². The Kier molecular flexibility index (Phi) is 2.94. The number of methoxy groups -OCH3 is 1. The Morgan fingerprint density at radius 2 is 1.87 bits per heavy atom. The zero-order valence-electron chi connectivity index (χ0n) is 12.3. The highest BCUT2D eigenvalue weighted by atomic mass is 19.1. The van der Waals surface area contributed by atoms with Gasteiger partial charge in [0.25, 0.3) is 0 Å². The first-order valence-corrected chi connectivity index (χ1v) is 7.15. The number of aromatic nitrogens is 2. The van der Waals surface area contributed by atoms with Crippen molar-refractivity contribution in [3.8, 4) is 11.4 Å². The molecule has 2 aromatic carbocycles. The Bertz CT molecular complexity index is 1080. The van der Waals surface area contributed by atoms with Crippen molar-refractivity contribution in [1.82, 2.24) is 9.55 Å². The number of nitrogens with one attached hydrogen (secondary N) is 1. The molecule has 114 valence electrons. The van der Waals surface area contributed by atoms with Crippen molar-refractivity contribution in [3.05, 3.63) is 70.8 Å². The van der Waals surface area contributed by atoms with Gasteiger partial charge < -0.3 is 14.3 Å². The van der Waals surface area contributed by atoms with Crippen LogP contribution in [0.25, 0.3) is 27.6 Å². The lowest BCUT2D eigenvalue weighted by molar-refractivity contribution is 0.389. The van der Waals surface area contributed by atoms with E-state index < -0.39 is 5.82 Å². The highest BCUT2D eigenvalue weighted by molar-refractivity contribution is 5.93. The molecule has 0 saturated heterocycles. The molecule has 4 nitrogen and oxygen atoms in total. The number of halogens is 1. The number of hydrogen-bond donors (Lipinski definition) is 1. The predicted octanol–water partition coefficient (Wildman–Crippen LogP) is 3.62. The van der Waals surface area contributed by atoms with Gasteiger partial charge in [-0.3, -0.25) is 4.79 Å². The molecule has 0 radical (unpaired) electrons. The van der Waals surface area contributed by atoms with Crippen molar-refractivity contribution >= 4 is 21.9 Å². The fraction of sp³-hybridized carbons (Fsp3) is 0.0556. The number of hydrogen-bond acceptors (Lipinski definition) is 2. The number of H-pyrrole nitrogens is 1. The normalized spacial score (nSPS) is 11.2. The second-order valence-electron chi connectivity index (χ2n) is 5.24. The van der Waals surface area contributed by atoms with E-state index in [1.54, 1.807) is 18.3 Å². The van der Waals surface area contributed by atoms with E-state index >= 15 is 0 Å². The van der Waals surface area contributed by atoms with E-state index in [1.165, 1.54) is 13.2 Å². The van der Waals surface area contributed by atoms with Crippen molar-refractivity contribution in [3.63, 3.8) is 0 Å². The van der Waals surface area contributed by atoms with Crippen LogP contribution in [0.15, 0.2) is 59.5 Å². The third kappa shape index (κ3) is 1.93. The summed E-state index contributed by atoms with van der Waals surface area (Å²) in [4.78, 5) is 15.8. The van der Waals surface area contributed by atoms with Gasteiger partial charge in [0, 0.05) is 11.9 Å². The molecule has 23 heavy (non-hydrogen) atoms. The lowest BCUT2D eigenvalue weighted by Gasteiger charge is -2.08. The Balaban J connectivity index is 2.11. The van der Waals surface area contributed by atoms with E-state index in [1.807, 2.05) is 34.9 Å². The Labute approximate surface area is 130 Å². The topological polar surface area (TPSA) is 47.0 Å². The maximum Gasteiger partial charge on any atom is 0.201 e. The number of benzene rings is 2. The summed E-state index contributed by atoms with van der Waals surface area (Å²) < 4.78 is 21.3. The van der Waals surface area contributed by atoms with Crippen molar-refractivity contribution in [2.75, 3.05) is 7.11 Å². The first-order valence-electron chi connectivity index (χ1n) is 7.15. The number of rotatable bonds is 2. The van der Waals surface area contributed by atoms with Gasteiger partial charge in [0.1, 0.15) is 5.65 Å². The van der Waals surface area contributed by atoms with E-state index in [4.69, 9.17) is 4.74 Å². The number of ether oxygens (including phenoxy) is 1. The van der Waals surface area contributed by atoms with Gasteiger partial charge in [0.2, 0.25) is 5.43 Å². The summed E-state index contributed by atoms with van der Waals surface area (Å²) in [5.74, 6) is -0.578. The molecule has 0 unspecified atom stereocenters. The largest absolute Gasteiger partial charge is 0.494 e. The molecule has 1 N–H and O–H groups in total. The molecule has 4 aromatic rings. The second kappa shape index (κ2) is 4.98. The van der Waals surface area contributed by atoms with Crippen LogP contribution >= 0.6 is 0 Å². The Morgan fingerprint density at radius 3 is 2.61 bits per heavy atom. The van der Waals surface area contributed by atoms with Crippen molar-refractivity contribution in [2.45, 2.75) is 0 Å². The fourth-order valence-corrected chi connectivity index (χ4v) is 2.85. The van der Waals surface area contributed by atoms with Gasteiger partial charge in [-0.15, -0.1) is 0 Å². The van der Waals surface area contributed by atoms with E-state index in [9.17, 15) is 9.18 Å². The number of pyridine rings is 1. The zero-order chi connectivity index (χ0) is 16.0. The minimum absolute atomic E-state index is 0.0164. The van der Waals surface area contributed by atoms with Gasteiger partial charge in [0.15, 0.2) is 11.6 Å². The molecule has 0 aliphatic rings. The van der Waals surface area contributed by atoms with Crippen molar-refractivity contribution in [1.29, 1.82) is 0 Å². The number of nitrogens with zero attached hydrogens (tertiary/aromatic N) is 1. The molecule has 0 aliphatic heterocycles. The molecule has 0 fully saturated rings. The first kappa shape index (κ1) is 13.6. The second-order valence-corrected chi connectivity index (χ2v) is 5.24. The quantitative estimate of drug-likeness (QED) is 0.615. The van der Waals surface area contributed by atoms with Gasteiger partial charge in [0.05, 0.1) is 23.4 Å². The molecule has 0 bridgehead atoms. The lowest BCUT2D eigenvalue weighted by Crippen LogP contribution is -2.07. The van der Waals surface area contributed by atoms with Crippen LogP contribution < -0.4 is 10.2 Å². The summed E-state index contributed by atoms with van der Waals surface area (Å²) in [7, 11) is 1.38. The third-order valence-corrected chi connectivity index (χ3v) is 3.97. The number of fused-ring (bicyclic) bond motifs is 2. The molecule has 0 atom stereocenters. The number of para-hydroxylation sites is 1. The lowest BCUT2D eigenvalue weighted by atomic mass is 10.1. The molecule has 0 spiro atoms. The van der Waals surface area contributed by atoms with Crippen LogP contribution in [-0.2, 0) is 0 Å².